The van der Waals surface area contributed by atoms with E-state index in [2.05, 4.69) is 0 Å². The third-order valence-corrected chi connectivity index (χ3v) is 2.10. The van der Waals surface area contributed by atoms with Gasteiger partial charge in [-0.15, -0.1) is 0 Å². The van der Waals surface area contributed by atoms with E-state index in [1.165, 1.54) is 14.0 Å². The summed E-state index contributed by atoms with van der Waals surface area (Å²) < 4.78 is 10.2. The van der Waals surface area contributed by atoms with Gasteiger partial charge in [-0.2, -0.15) is 0 Å². The highest BCUT2D eigenvalue weighted by molar-refractivity contribution is 5.72. The van der Waals surface area contributed by atoms with Gasteiger partial charge in [0.2, 0.25) is 0 Å². The Morgan fingerprint density at radius 2 is 2.19 bits per heavy atom. The number of hydrogen-bond donors (Lipinski definition) is 2. The molecule has 0 saturated heterocycles. The molecule has 0 aromatic heterocycles. The van der Waals surface area contributed by atoms with Gasteiger partial charge in [0.15, 0.2) is 6.10 Å². The lowest BCUT2D eigenvalue weighted by atomic mass is 10.2. The predicted octanol–water partition coefficient (Wildman–Crippen LogP) is 1.04. The molecule has 0 aliphatic rings. The fourth-order valence-electron chi connectivity index (χ4n) is 1.14. The minimum absolute atomic E-state index is 0.217. The normalized spacial score (nSPS) is 11.9. The summed E-state index contributed by atoms with van der Waals surface area (Å²) in [5.41, 5.74) is 0.522. The van der Waals surface area contributed by atoms with E-state index in [9.17, 15) is 4.79 Å². The molecule has 1 unspecified atom stereocenters. The second-order valence-corrected chi connectivity index (χ2v) is 3.23. The first-order valence-corrected chi connectivity index (χ1v) is 4.75. The van der Waals surface area contributed by atoms with Crippen molar-refractivity contribution < 1.29 is 24.5 Å². The van der Waals surface area contributed by atoms with E-state index in [1.54, 1.807) is 18.2 Å². The summed E-state index contributed by atoms with van der Waals surface area (Å²) in [4.78, 5) is 10.6. The molecule has 5 nitrogen and oxygen atoms in total. The molecule has 5 heteroatoms. The number of carboxylic acid groups (broad SMARTS) is 1. The van der Waals surface area contributed by atoms with Crippen molar-refractivity contribution in [3.63, 3.8) is 0 Å². The van der Waals surface area contributed by atoms with Crippen molar-refractivity contribution >= 4 is 5.97 Å². The Hall–Kier alpha value is -1.75. The lowest BCUT2D eigenvalue weighted by Gasteiger charge is -2.14. The van der Waals surface area contributed by atoms with Gasteiger partial charge in [0.25, 0.3) is 0 Å². The molecule has 0 bridgehead atoms. The fraction of sp³-hybridized carbons (Fsp3) is 0.364. The molecule has 0 aliphatic carbocycles. The zero-order valence-electron chi connectivity index (χ0n) is 9.14. The summed E-state index contributed by atoms with van der Waals surface area (Å²) in [6.45, 7) is 1.20. The highest BCUT2D eigenvalue weighted by Gasteiger charge is 2.15. The van der Waals surface area contributed by atoms with E-state index in [0.717, 1.165) is 0 Å². The Morgan fingerprint density at radius 1 is 1.50 bits per heavy atom. The average molecular weight is 226 g/mol. The zero-order valence-corrected chi connectivity index (χ0v) is 9.14. The van der Waals surface area contributed by atoms with Crippen molar-refractivity contribution in [2.24, 2.45) is 0 Å². The van der Waals surface area contributed by atoms with Crippen LogP contribution in [0.25, 0.3) is 0 Å². The van der Waals surface area contributed by atoms with Gasteiger partial charge >= 0.3 is 5.97 Å². The summed E-state index contributed by atoms with van der Waals surface area (Å²) in [5, 5.41) is 17.8. The number of aliphatic hydroxyl groups excluding tert-OH is 1. The molecule has 1 aromatic rings. The van der Waals surface area contributed by atoms with Crippen molar-refractivity contribution in [1.82, 2.24) is 0 Å². The summed E-state index contributed by atoms with van der Waals surface area (Å²) in [5.74, 6) is -0.201. The Balaban J connectivity index is 2.95. The van der Waals surface area contributed by atoms with Gasteiger partial charge in [-0.1, -0.05) is 0 Å². The van der Waals surface area contributed by atoms with Crippen LogP contribution in [0.5, 0.6) is 11.5 Å². The van der Waals surface area contributed by atoms with Crippen LogP contribution in [0.4, 0.5) is 0 Å². The third kappa shape index (κ3) is 2.87. The predicted molar refractivity (Wildman–Crippen MR) is 56.6 cm³/mol. The number of aliphatic hydroxyl groups is 1. The lowest BCUT2D eigenvalue weighted by molar-refractivity contribution is -0.144. The molecule has 1 rings (SSSR count). The van der Waals surface area contributed by atoms with E-state index >= 15 is 0 Å². The molecule has 0 aliphatic heterocycles. The largest absolute Gasteiger partial charge is 0.497 e. The van der Waals surface area contributed by atoms with Crippen LogP contribution in [0.2, 0.25) is 0 Å². The Labute approximate surface area is 93.2 Å². The van der Waals surface area contributed by atoms with Crippen LogP contribution in [0.1, 0.15) is 12.5 Å². The lowest BCUT2D eigenvalue weighted by Crippen LogP contribution is -2.23. The first-order valence-electron chi connectivity index (χ1n) is 4.75. The van der Waals surface area contributed by atoms with Gasteiger partial charge in [0.1, 0.15) is 11.5 Å². The Kier molecular flexibility index (Phi) is 4.13. The number of carbonyl (C=O) groups is 1. The third-order valence-electron chi connectivity index (χ3n) is 2.10. The second kappa shape index (κ2) is 5.37. The fourth-order valence-corrected chi connectivity index (χ4v) is 1.14. The minimum atomic E-state index is -1.06. The topological polar surface area (TPSA) is 76.0 Å². The number of carboxylic acids is 1. The van der Waals surface area contributed by atoms with Crippen LogP contribution in [0.3, 0.4) is 0 Å². The van der Waals surface area contributed by atoms with Gasteiger partial charge in [-0.05, 0) is 19.1 Å². The van der Waals surface area contributed by atoms with Crippen molar-refractivity contribution in [2.75, 3.05) is 7.11 Å². The van der Waals surface area contributed by atoms with Crippen molar-refractivity contribution in [3.8, 4) is 11.5 Å². The molecule has 16 heavy (non-hydrogen) atoms. The minimum Gasteiger partial charge on any atom is -0.497 e. The average Bonchev–Trinajstić information content (AvgIpc) is 2.28. The van der Waals surface area contributed by atoms with Crippen LogP contribution in [0.15, 0.2) is 18.2 Å². The molecular weight excluding hydrogens is 212 g/mol. The van der Waals surface area contributed by atoms with Crippen LogP contribution in [-0.2, 0) is 11.4 Å². The zero-order chi connectivity index (χ0) is 12.1. The van der Waals surface area contributed by atoms with Gasteiger partial charge < -0.3 is 19.7 Å². The number of methoxy groups -OCH3 is 1. The summed E-state index contributed by atoms with van der Waals surface area (Å²) in [6.07, 6.45) is -0.975. The van der Waals surface area contributed by atoms with E-state index < -0.39 is 12.1 Å². The van der Waals surface area contributed by atoms with Crippen LogP contribution < -0.4 is 9.47 Å². The van der Waals surface area contributed by atoms with Crippen molar-refractivity contribution in [2.45, 2.75) is 19.6 Å². The Morgan fingerprint density at radius 3 is 2.69 bits per heavy atom. The molecule has 0 spiro atoms. The number of benzene rings is 1. The summed E-state index contributed by atoms with van der Waals surface area (Å²) in [6, 6.07) is 4.84. The summed E-state index contributed by atoms with van der Waals surface area (Å²) in [7, 11) is 1.50. The monoisotopic (exact) mass is 226 g/mol. The standard InChI is InChI=1S/C11H14O5/c1-7(11(13)14)16-10-5-9(15-2)4-3-8(10)6-12/h3-5,7,12H,6H2,1-2H3,(H,13,14). The maximum atomic E-state index is 10.6. The Bertz CT molecular complexity index is 375. The molecule has 88 valence electrons. The highest BCUT2D eigenvalue weighted by Crippen LogP contribution is 2.25. The molecule has 0 radical (unpaired) electrons. The van der Waals surface area contributed by atoms with Gasteiger partial charge in [0, 0.05) is 11.6 Å². The maximum absolute atomic E-state index is 10.6. The van der Waals surface area contributed by atoms with E-state index in [-0.39, 0.29) is 6.61 Å². The molecule has 0 fully saturated rings. The van der Waals surface area contributed by atoms with Crippen molar-refractivity contribution in [1.29, 1.82) is 0 Å². The van der Waals surface area contributed by atoms with E-state index in [4.69, 9.17) is 19.7 Å². The molecule has 0 heterocycles. The quantitative estimate of drug-likeness (QED) is 0.784. The molecule has 0 saturated carbocycles. The number of rotatable bonds is 5. The molecular formula is C11H14O5. The van der Waals surface area contributed by atoms with Crippen LogP contribution >= 0.6 is 0 Å². The van der Waals surface area contributed by atoms with Crippen LogP contribution in [0, 0.1) is 0 Å². The molecule has 1 aromatic carbocycles. The number of aliphatic carboxylic acids is 1. The summed E-state index contributed by atoms with van der Waals surface area (Å²) >= 11 is 0. The van der Waals surface area contributed by atoms with E-state index in [0.29, 0.717) is 17.1 Å². The molecule has 0 amide bonds. The first-order chi connectivity index (χ1) is 7.58. The number of ether oxygens (including phenoxy) is 2. The van der Waals surface area contributed by atoms with Gasteiger partial charge in [-0.3, -0.25) is 0 Å². The van der Waals surface area contributed by atoms with Gasteiger partial charge in [-0.25, -0.2) is 4.79 Å². The molecule has 1 atom stereocenters. The number of hydrogen-bond acceptors (Lipinski definition) is 4. The first kappa shape index (κ1) is 12.3. The van der Waals surface area contributed by atoms with Gasteiger partial charge in [0.05, 0.1) is 13.7 Å². The second-order valence-electron chi connectivity index (χ2n) is 3.23. The smallest absolute Gasteiger partial charge is 0.344 e. The van der Waals surface area contributed by atoms with E-state index in [1.807, 2.05) is 0 Å². The van der Waals surface area contributed by atoms with Crippen molar-refractivity contribution in [3.05, 3.63) is 23.8 Å². The maximum Gasteiger partial charge on any atom is 0.344 e. The van der Waals surface area contributed by atoms with Crippen LogP contribution in [-0.4, -0.2) is 29.4 Å². The molecule has 2 N–H and O–H groups in total. The highest BCUT2D eigenvalue weighted by atomic mass is 16.5. The SMILES string of the molecule is COc1ccc(CO)c(OC(C)C(=O)O)c1.